The summed E-state index contributed by atoms with van der Waals surface area (Å²) in [6.07, 6.45) is 3.24. The molecule has 0 radical (unpaired) electrons. The summed E-state index contributed by atoms with van der Waals surface area (Å²) in [5, 5.41) is 4.23. The highest BCUT2D eigenvalue weighted by atomic mass is 33.1. The van der Waals surface area contributed by atoms with Crippen molar-refractivity contribution in [2.75, 3.05) is 17.6 Å². The fraction of sp³-hybridized carbons (Fsp3) is 0.190. The quantitative estimate of drug-likeness (QED) is 0.289. The van der Waals surface area contributed by atoms with Crippen molar-refractivity contribution in [3.63, 3.8) is 0 Å². The van der Waals surface area contributed by atoms with E-state index in [9.17, 15) is 4.79 Å². The molecule has 5 nitrogen and oxygen atoms in total. The normalized spacial score (nSPS) is 10.8. The number of carbonyl (C=O) groups is 1. The van der Waals surface area contributed by atoms with Gasteiger partial charge in [0.05, 0.1) is 5.52 Å². The van der Waals surface area contributed by atoms with Crippen LogP contribution in [-0.2, 0) is 17.0 Å². The van der Waals surface area contributed by atoms with Gasteiger partial charge in [-0.15, -0.1) is 0 Å². The lowest BCUT2D eigenvalue weighted by Crippen LogP contribution is -2.04. The fourth-order valence-electron chi connectivity index (χ4n) is 2.72. The maximum absolute atomic E-state index is 12.0. The molecule has 2 aromatic carbocycles. The summed E-state index contributed by atoms with van der Waals surface area (Å²) in [6.45, 7) is 4.25. The first kappa shape index (κ1) is 20.4. The Kier molecular flexibility index (Phi) is 7.47. The third-order valence-electron chi connectivity index (χ3n) is 4.08. The molecule has 0 saturated heterocycles. The highest BCUT2D eigenvalue weighted by Crippen LogP contribution is 2.31. The molecule has 3 aromatic rings. The predicted octanol–water partition coefficient (Wildman–Crippen LogP) is 4.51. The van der Waals surface area contributed by atoms with E-state index in [4.69, 9.17) is 5.73 Å². The van der Waals surface area contributed by atoms with Crippen molar-refractivity contribution in [2.45, 2.75) is 12.2 Å². The van der Waals surface area contributed by atoms with E-state index in [2.05, 4.69) is 27.9 Å². The molecule has 1 heterocycles. The van der Waals surface area contributed by atoms with Crippen molar-refractivity contribution in [3.8, 4) is 0 Å². The Morgan fingerprint density at radius 3 is 2.71 bits per heavy atom. The summed E-state index contributed by atoms with van der Waals surface area (Å²) < 4.78 is 0. The van der Waals surface area contributed by atoms with E-state index in [1.165, 1.54) is 6.08 Å². The van der Waals surface area contributed by atoms with E-state index in [1.807, 2.05) is 36.4 Å². The van der Waals surface area contributed by atoms with Crippen molar-refractivity contribution in [1.29, 1.82) is 0 Å². The van der Waals surface area contributed by atoms with Gasteiger partial charge in [-0.25, -0.2) is 9.97 Å². The lowest BCUT2D eigenvalue weighted by molar-refractivity contribution is -0.114. The molecule has 144 valence electrons. The third kappa shape index (κ3) is 5.34. The molecule has 3 rings (SSSR count). The topological polar surface area (TPSA) is 80.9 Å². The zero-order valence-corrected chi connectivity index (χ0v) is 17.1. The van der Waals surface area contributed by atoms with Gasteiger partial charge in [-0.3, -0.25) is 4.79 Å². The number of carbonyl (C=O) groups excluding carboxylic acids is 1. The first-order chi connectivity index (χ1) is 13.7. The average molecular weight is 411 g/mol. The highest BCUT2D eigenvalue weighted by molar-refractivity contribution is 8.76. The van der Waals surface area contributed by atoms with Crippen LogP contribution in [0.15, 0.2) is 61.4 Å². The van der Waals surface area contributed by atoms with E-state index in [0.717, 1.165) is 45.0 Å². The average Bonchev–Trinajstić information content (AvgIpc) is 2.72. The summed E-state index contributed by atoms with van der Waals surface area (Å²) in [4.78, 5) is 20.9. The number of nitrogens with zero attached hydrogens (tertiary/aromatic N) is 2. The minimum atomic E-state index is -0.00497. The van der Waals surface area contributed by atoms with Gasteiger partial charge in [-0.1, -0.05) is 46.4 Å². The van der Waals surface area contributed by atoms with Gasteiger partial charge < -0.3 is 11.1 Å². The Morgan fingerprint density at radius 1 is 1.14 bits per heavy atom. The van der Waals surface area contributed by atoms with Crippen molar-refractivity contribution >= 4 is 49.8 Å². The second kappa shape index (κ2) is 10.3. The summed E-state index contributed by atoms with van der Waals surface area (Å²) in [5.74, 6) is 2.40. The largest absolute Gasteiger partial charge is 0.340 e. The summed E-state index contributed by atoms with van der Waals surface area (Å²) in [6, 6.07) is 13.9. The van der Waals surface area contributed by atoms with Crippen LogP contribution in [0.5, 0.6) is 0 Å². The molecule has 0 spiro atoms. The van der Waals surface area contributed by atoms with Crippen LogP contribution >= 0.6 is 21.6 Å². The lowest BCUT2D eigenvalue weighted by atomic mass is 10.0. The number of rotatable bonds is 10. The van der Waals surface area contributed by atoms with E-state index in [1.54, 1.807) is 27.9 Å². The number of hydrogen-bond acceptors (Lipinski definition) is 7. The van der Waals surface area contributed by atoms with Gasteiger partial charge in [0, 0.05) is 35.5 Å². The standard InChI is InChI=1S/C21H22N4OS2/c1-2-18(26)10-15-11-19-20(12-16(15)13-28-27-9-8-22)23-14-24-21(19)25-17-6-4-3-5-7-17/h2-7,11-12,14H,1,8-10,13,22H2,(H,23,24,25). The number of hydrogen-bond donors (Lipinski definition) is 2. The second-order valence-electron chi connectivity index (χ2n) is 6.07. The van der Waals surface area contributed by atoms with Crippen LogP contribution in [0.25, 0.3) is 10.9 Å². The Labute approximate surface area is 172 Å². The first-order valence-corrected chi connectivity index (χ1v) is 11.4. The molecule has 0 aliphatic carbocycles. The van der Waals surface area contributed by atoms with Gasteiger partial charge in [-0.05, 0) is 41.5 Å². The molecule has 0 saturated carbocycles. The van der Waals surface area contributed by atoms with Gasteiger partial charge in [0.15, 0.2) is 5.78 Å². The van der Waals surface area contributed by atoms with E-state index in [0.29, 0.717) is 13.0 Å². The molecule has 0 atom stereocenters. The summed E-state index contributed by atoms with van der Waals surface area (Å²) >= 11 is 0. The summed E-state index contributed by atoms with van der Waals surface area (Å²) in [5.41, 5.74) is 9.43. The highest BCUT2D eigenvalue weighted by Gasteiger charge is 2.12. The molecule has 0 aliphatic rings. The van der Waals surface area contributed by atoms with Crippen molar-refractivity contribution in [3.05, 3.63) is 72.6 Å². The number of benzene rings is 2. The number of ketones is 1. The van der Waals surface area contributed by atoms with E-state index in [-0.39, 0.29) is 5.78 Å². The smallest absolute Gasteiger partial charge is 0.159 e. The SMILES string of the molecule is C=CC(=O)Cc1cc2c(Nc3ccccc3)ncnc2cc1CSSCCN. The Hall–Kier alpha value is -2.35. The first-order valence-electron chi connectivity index (χ1n) is 8.89. The van der Waals surface area contributed by atoms with Crippen LogP contribution in [0.4, 0.5) is 11.5 Å². The minimum Gasteiger partial charge on any atom is -0.340 e. The molecule has 28 heavy (non-hydrogen) atoms. The molecule has 0 bridgehead atoms. The van der Waals surface area contributed by atoms with Crippen LogP contribution in [0, 0.1) is 0 Å². The van der Waals surface area contributed by atoms with Crippen molar-refractivity contribution in [2.24, 2.45) is 5.73 Å². The molecule has 0 amide bonds. The van der Waals surface area contributed by atoms with Crippen LogP contribution in [0.3, 0.4) is 0 Å². The second-order valence-corrected chi connectivity index (χ2v) is 8.65. The number of aromatic nitrogens is 2. The number of anilines is 2. The molecule has 0 fully saturated rings. The molecule has 1 aromatic heterocycles. The van der Waals surface area contributed by atoms with E-state index >= 15 is 0 Å². The zero-order chi connectivity index (χ0) is 19.8. The number of nitrogens with two attached hydrogens (primary N) is 1. The number of para-hydroxylation sites is 1. The fourth-order valence-corrected chi connectivity index (χ4v) is 4.69. The molecule has 0 unspecified atom stereocenters. The van der Waals surface area contributed by atoms with Gasteiger partial charge in [0.1, 0.15) is 12.1 Å². The van der Waals surface area contributed by atoms with Gasteiger partial charge in [-0.2, -0.15) is 0 Å². The Bertz CT molecular complexity index is 963. The zero-order valence-electron chi connectivity index (χ0n) is 15.4. The third-order valence-corrected chi connectivity index (χ3v) is 6.44. The van der Waals surface area contributed by atoms with Gasteiger partial charge in [0.2, 0.25) is 0 Å². The molecule has 7 heteroatoms. The predicted molar refractivity (Wildman–Crippen MR) is 121 cm³/mol. The van der Waals surface area contributed by atoms with E-state index < -0.39 is 0 Å². The summed E-state index contributed by atoms with van der Waals surface area (Å²) in [7, 11) is 3.47. The molecule has 3 N–H and O–H groups in total. The maximum atomic E-state index is 12.0. The van der Waals surface area contributed by atoms with Crippen molar-refractivity contribution in [1.82, 2.24) is 9.97 Å². The molecule has 0 aliphatic heterocycles. The van der Waals surface area contributed by atoms with Crippen LogP contribution in [0.2, 0.25) is 0 Å². The number of nitrogens with one attached hydrogen (secondary N) is 1. The molecular formula is C21H22N4OS2. The number of fused-ring (bicyclic) bond motifs is 1. The monoisotopic (exact) mass is 410 g/mol. The van der Waals surface area contributed by atoms with Crippen LogP contribution < -0.4 is 11.1 Å². The van der Waals surface area contributed by atoms with Crippen LogP contribution in [-0.4, -0.2) is 28.0 Å². The van der Waals surface area contributed by atoms with Crippen molar-refractivity contribution < 1.29 is 4.79 Å². The minimum absolute atomic E-state index is 0.00497. The van der Waals surface area contributed by atoms with Gasteiger partial charge >= 0.3 is 0 Å². The Morgan fingerprint density at radius 2 is 1.96 bits per heavy atom. The van der Waals surface area contributed by atoms with Gasteiger partial charge in [0.25, 0.3) is 0 Å². The Balaban J connectivity index is 1.97. The molecular weight excluding hydrogens is 388 g/mol. The number of allylic oxidation sites excluding steroid dienone is 1. The lowest BCUT2D eigenvalue weighted by Gasteiger charge is -2.13. The van der Waals surface area contributed by atoms with Crippen LogP contribution in [0.1, 0.15) is 11.1 Å². The maximum Gasteiger partial charge on any atom is 0.159 e.